The number of aromatic nitrogens is 3. The highest BCUT2D eigenvalue weighted by molar-refractivity contribution is 14.1. The summed E-state index contributed by atoms with van der Waals surface area (Å²) in [4.78, 5) is 4.41. The summed E-state index contributed by atoms with van der Waals surface area (Å²) in [6.07, 6.45) is 7.32. The minimum Gasteiger partial charge on any atom is -0.252 e. The van der Waals surface area contributed by atoms with Crippen LogP contribution in [0.3, 0.4) is 0 Å². The molecule has 1 aromatic carbocycles. The Morgan fingerprint density at radius 3 is 2.61 bits per heavy atom. The number of benzene rings is 1. The third kappa shape index (κ3) is 2.74. The molecule has 1 aliphatic carbocycles. The van der Waals surface area contributed by atoms with Crippen LogP contribution in [0.25, 0.3) is 11.4 Å². The highest BCUT2D eigenvalue weighted by Crippen LogP contribution is 2.26. The van der Waals surface area contributed by atoms with E-state index in [2.05, 4.69) is 56.9 Å². The van der Waals surface area contributed by atoms with E-state index in [0.29, 0.717) is 0 Å². The molecule has 18 heavy (non-hydrogen) atoms. The van der Waals surface area contributed by atoms with Crippen molar-refractivity contribution in [1.29, 1.82) is 0 Å². The Hall–Kier alpha value is -0.910. The lowest BCUT2D eigenvalue weighted by atomic mass is 10.1. The van der Waals surface area contributed by atoms with Crippen molar-refractivity contribution in [2.75, 3.05) is 0 Å². The molecule has 0 aliphatic heterocycles. The molecule has 0 saturated heterocycles. The molecule has 2 aromatic rings. The molecule has 1 fully saturated rings. The summed E-state index contributed by atoms with van der Waals surface area (Å²) in [7, 11) is 0. The fraction of sp³-hybridized carbons (Fsp3) is 0.429. The first-order valence-electron chi connectivity index (χ1n) is 6.46. The average Bonchev–Trinajstić information content (AvgIpc) is 3.02. The van der Waals surface area contributed by atoms with Gasteiger partial charge >= 0.3 is 0 Å². The molecule has 0 N–H and O–H groups in total. The first-order valence-corrected chi connectivity index (χ1v) is 7.54. The van der Waals surface area contributed by atoms with Crippen LogP contribution in [0.1, 0.15) is 25.7 Å². The number of nitrogens with zero attached hydrogens (tertiary/aromatic N) is 3. The third-order valence-corrected chi connectivity index (χ3v) is 4.28. The Morgan fingerprint density at radius 2 is 1.89 bits per heavy atom. The van der Waals surface area contributed by atoms with Gasteiger partial charge in [0.1, 0.15) is 6.33 Å². The van der Waals surface area contributed by atoms with Crippen molar-refractivity contribution >= 4 is 22.6 Å². The maximum Gasteiger partial charge on any atom is 0.181 e. The van der Waals surface area contributed by atoms with Crippen molar-refractivity contribution in [3.05, 3.63) is 34.2 Å². The lowest BCUT2D eigenvalue weighted by Crippen LogP contribution is -2.07. The van der Waals surface area contributed by atoms with Crippen LogP contribution >= 0.6 is 22.6 Å². The summed E-state index contributed by atoms with van der Waals surface area (Å²) >= 11 is 2.31. The van der Waals surface area contributed by atoms with Crippen molar-refractivity contribution in [2.24, 2.45) is 5.92 Å². The molecule has 3 nitrogen and oxygen atoms in total. The zero-order chi connectivity index (χ0) is 12.4. The minimum atomic E-state index is 0.802. The molecular formula is C14H16IN3. The average molecular weight is 353 g/mol. The Morgan fingerprint density at radius 1 is 1.17 bits per heavy atom. The normalized spacial score (nSPS) is 16.3. The van der Waals surface area contributed by atoms with Crippen molar-refractivity contribution in [1.82, 2.24) is 14.8 Å². The van der Waals surface area contributed by atoms with Crippen LogP contribution in [0.15, 0.2) is 30.6 Å². The van der Waals surface area contributed by atoms with Crippen LogP contribution in [0.5, 0.6) is 0 Å². The number of halogens is 1. The maximum atomic E-state index is 4.58. The number of hydrogen-bond acceptors (Lipinski definition) is 2. The molecule has 0 unspecified atom stereocenters. The van der Waals surface area contributed by atoms with E-state index >= 15 is 0 Å². The molecule has 0 atom stereocenters. The highest BCUT2D eigenvalue weighted by Gasteiger charge is 2.16. The summed E-state index contributed by atoms with van der Waals surface area (Å²) in [6.45, 7) is 1.03. The van der Waals surface area contributed by atoms with Gasteiger partial charge < -0.3 is 0 Å². The van der Waals surface area contributed by atoms with E-state index in [1.807, 2.05) is 11.0 Å². The first-order chi connectivity index (χ1) is 8.81. The monoisotopic (exact) mass is 353 g/mol. The zero-order valence-electron chi connectivity index (χ0n) is 10.2. The molecule has 0 bridgehead atoms. The Balaban J connectivity index is 1.74. The third-order valence-electron chi connectivity index (χ3n) is 3.56. The second-order valence-corrected chi connectivity index (χ2v) is 6.19. The minimum absolute atomic E-state index is 0.802. The molecule has 94 valence electrons. The lowest BCUT2D eigenvalue weighted by Gasteiger charge is -2.07. The van der Waals surface area contributed by atoms with Crippen LogP contribution in [0.2, 0.25) is 0 Å². The summed E-state index contributed by atoms with van der Waals surface area (Å²) in [5.41, 5.74) is 1.10. The summed E-state index contributed by atoms with van der Waals surface area (Å²) in [5, 5.41) is 4.58. The Labute approximate surface area is 121 Å². The van der Waals surface area contributed by atoms with E-state index in [1.165, 1.54) is 29.3 Å². The van der Waals surface area contributed by atoms with E-state index in [0.717, 1.165) is 23.9 Å². The molecule has 1 saturated carbocycles. The topological polar surface area (TPSA) is 30.7 Å². The van der Waals surface area contributed by atoms with Gasteiger partial charge in [-0.05, 0) is 53.5 Å². The van der Waals surface area contributed by atoms with Gasteiger partial charge in [-0.2, -0.15) is 5.10 Å². The molecule has 1 aliphatic rings. The van der Waals surface area contributed by atoms with Crippen LogP contribution < -0.4 is 0 Å². The van der Waals surface area contributed by atoms with E-state index in [-0.39, 0.29) is 0 Å². The molecular weight excluding hydrogens is 337 g/mol. The smallest absolute Gasteiger partial charge is 0.181 e. The standard InChI is InChI=1S/C14H16IN3/c15-13-7-5-12(6-8-13)14-16-10-18(17-14)9-11-3-1-2-4-11/h5-8,10-11H,1-4,9H2. The number of hydrogen-bond donors (Lipinski definition) is 0. The molecule has 0 amide bonds. The van der Waals surface area contributed by atoms with E-state index in [9.17, 15) is 0 Å². The number of rotatable bonds is 3. The molecule has 1 heterocycles. The van der Waals surface area contributed by atoms with Crippen molar-refractivity contribution in [2.45, 2.75) is 32.2 Å². The Bertz CT molecular complexity index is 512. The summed E-state index contributed by atoms with van der Waals surface area (Å²) in [6, 6.07) is 8.34. The quantitative estimate of drug-likeness (QED) is 0.787. The molecule has 3 rings (SSSR count). The molecule has 0 radical (unpaired) electrons. The SMILES string of the molecule is Ic1ccc(-c2ncn(CC3CCCC3)n2)cc1. The molecule has 4 heteroatoms. The van der Waals surface area contributed by atoms with Crippen LogP contribution in [0.4, 0.5) is 0 Å². The molecule has 1 aromatic heterocycles. The predicted octanol–water partition coefficient (Wildman–Crippen LogP) is 3.74. The van der Waals surface area contributed by atoms with Gasteiger partial charge in [0.05, 0.1) is 0 Å². The fourth-order valence-electron chi connectivity index (χ4n) is 2.57. The second kappa shape index (κ2) is 5.38. The van der Waals surface area contributed by atoms with Gasteiger partial charge in [0.2, 0.25) is 0 Å². The zero-order valence-corrected chi connectivity index (χ0v) is 12.4. The van der Waals surface area contributed by atoms with Crippen molar-refractivity contribution in [3.8, 4) is 11.4 Å². The van der Waals surface area contributed by atoms with Gasteiger partial charge in [-0.15, -0.1) is 0 Å². The largest absolute Gasteiger partial charge is 0.252 e. The van der Waals surface area contributed by atoms with Crippen LogP contribution in [-0.2, 0) is 6.54 Å². The van der Waals surface area contributed by atoms with Gasteiger partial charge in [0, 0.05) is 15.7 Å². The molecule has 0 spiro atoms. The highest BCUT2D eigenvalue weighted by atomic mass is 127. The van der Waals surface area contributed by atoms with Gasteiger partial charge in [0.15, 0.2) is 5.82 Å². The van der Waals surface area contributed by atoms with Crippen molar-refractivity contribution in [3.63, 3.8) is 0 Å². The van der Waals surface area contributed by atoms with E-state index in [4.69, 9.17) is 0 Å². The fourth-order valence-corrected chi connectivity index (χ4v) is 2.93. The Kier molecular flexibility index (Phi) is 3.63. The van der Waals surface area contributed by atoms with Gasteiger partial charge in [-0.1, -0.05) is 25.0 Å². The van der Waals surface area contributed by atoms with E-state index < -0.39 is 0 Å². The predicted molar refractivity (Wildman–Crippen MR) is 80.1 cm³/mol. The maximum absolute atomic E-state index is 4.58. The van der Waals surface area contributed by atoms with Crippen LogP contribution in [-0.4, -0.2) is 14.8 Å². The summed E-state index contributed by atoms with van der Waals surface area (Å²) < 4.78 is 3.24. The van der Waals surface area contributed by atoms with Gasteiger partial charge in [0.25, 0.3) is 0 Å². The van der Waals surface area contributed by atoms with Crippen molar-refractivity contribution < 1.29 is 0 Å². The van der Waals surface area contributed by atoms with Gasteiger partial charge in [-0.25, -0.2) is 4.98 Å². The van der Waals surface area contributed by atoms with Crippen LogP contribution in [0, 0.1) is 9.49 Å². The first kappa shape index (κ1) is 12.1. The summed E-state index contributed by atoms with van der Waals surface area (Å²) in [5.74, 6) is 1.64. The van der Waals surface area contributed by atoms with Gasteiger partial charge in [-0.3, -0.25) is 4.68 Å². The van der Waals surface area contributed by atoms with E-state index in [1.54, 1.807) is 0 Å². The lowest BCUT2D eigenvalue weighted by molar-refractivity contribution is 0.429. The second-order valence-electron chi connectivity index (χ2n) is 4.95.